The predicted molar refractivity (Wildman–Crippen MR) is 58.4 cm³/mol. The number of aryl methyl sites for hydroxylation is 1. The Balaban J connectivity index is 2.84. The van der Waals surface area contributed by atoms with Gasteiger partial charge in [-0.2, -0.15) is 0 Å². The summed E-state index contributed by atoms with van der Waals surface area (Å²) < 4.78 is 1.41. The second kappa shape index (κ2) is 5.94. The first-order valence-electron chi connectivity index (χ1n) is 5.16. The van der Waals surface area contributed by atoms with E-state index >= 15 is 0 Å². The smallest absolute Gasteiger partial charge is 0.358 e. The fraction of sp³-hybridized carbons (Fsp3) is 0.556. The molecule has 0 aliphatic rings. The molecule has 1 heterocycles. The molecule has 4 N–H and O–H groups in total. The van der Waals surface area contributed by atoms with Crippen molar-refractivity contribution in [2.45, 2.75) is 19.4 Å². The van der Waals surface area contributed by atoms with Gasteiger partial charge in [0.05, 0.1) is 12.2 Å². The Morgan fingerprint density at radius 3 is 2.76 bits per heavy atom. The number of hydrogen-bond acceptors (Lipinski definition) is 5. The number of aromatic carboxylic acids is 1. The number of carbonyl (C=O) groups is 2. The van der Waals surface area contributed by atoms with Gasteiger partial charge in [0.15, 0.2) is 5.69 Å². The van der Waals surface area contributed by atoms with Crippen molar-refractivity contribution in [1.82, 2.24) is 20.3 Å². The summed E-state index contributed by atoms with van der Waals surface area (Å²) >= 11 is 0. The molecular formula is C9H15N5O3. The highest BCUT2D eigenvalue weighted by Crippen LogP contribution is 2.07. The average Bonchev–Trinajstić information content (AvgIpc) is 2.70. The summed E-state index contributed by atoms with van der Waals surface area (Å²) in [6.07, 6.45) is 0.582. The van der Waals surface area contributed by atoms with E-state index in [9.17, 15) is 9.59 Å². The molecule has 0 aliphatic heterocycles. The van der Waals surface area contributed by atoms with E-state index in [0.717, 1.165) is 0 Å². The van der Waals surface area contributed by atoms with Gasteiger partial charge >= 0.3 is 5.97 Å². The van der Waals surface area contributed by atoms with Crippen molar-refractivity contribution >= 4 is 11.9 Å². The van der Waals surface area contributed by atoms with Crippen LogP contribution in [0.5, 0.6) is 0 Å². The van der Waals surface area contributed by atoms with Crippen LogP contribution in [0.1, 0.15) is 22.6 Å². The van der Waals surface area contributed by atoms with E-state index in [2.05, 4.69) is 15.6 Å². The lowest BCUT2D eigenvalue weighted by molar-refractivity contribution is -0.120. The van der Waals surface area contributed by atoms with Gasteiger partial charge in [0.1, 0.15) is 0 Å². The molecule has 0 atom stereocenters. The topological polar surface area (TPSA) is 123 Å². The third-order valence-electron chi connectivity index (χ3n) is 2.25. The van der Waals surface area contributed by atoms with Crippen molar-refractivity contribution in [2.24, 2.45) is 5.73 Å². The van der Waals surface area contributed by atoms with Crippen LogP contribution in [0, 0.1) is 0 Å². The summed E-state index contributed by atoms with van der Waals surface area (Å²) in [5, 5.41) is 18.6. The molecule has 1 aromatic rings. The summed E-state index contributed by atoms with van der Waals surface area (Å²) in [6, 6.07) is 0. The number of nitrogens with one attached hydrogen (secondary N) is 1. The van der Waals surface area contributed by atoms with E-state index in [0.29, 0.717) is 18.7 Å². The standard InChI is InChI=1S/C9H15N5O3/c1-11-7(15)3-5-14-6(2-4-10)8(9(16)17)12-13-14/h2-5,10H2,1H3,(H,11,15)(H,16,17). The minimum absolute atomic E-state index is 0.104. The number of amides is 1. The van der Waals surface area contributed by atoms with Gasteiger partial charge in [-0.25, -0.2) is 9.48 Å². The van der Waals surface area contributed by atoms with Crippen molar-refractivity contribution in [3.8, 4) is 0 Å². The van der Waals surface area contributed by atoms with E-state index in [1.54, 1.807) is 0 Å². The molecule has 0 radical (unpaired) electrons. The Labute approximate surface area is 97.8 Å². The molecule has 1 aromatic heterocycles. The number of carbonyl (C=O) groups excluding carboxylic acids is 1. The molecule has 0 bridgehead atoms. The minimum Gasteiger partial charge on any atom is -0.476 e. The van der Waals surface area contributed by atoms with Crippen molar-refractivity contribution in [3.63, 3.8) is 0 Å². The lowest BCUT2D eigenvalue weighted by Crippen LogP contribution is -2.21. The summed E-state index contributed by atoms with van der Waals surface area (Å²) in [5.41, 5.74) is 5.74. The number of carboxylic acid groups (broad SMARTS) is 1. The van der Waals surface area contributed by atoms with E-state index in [1.807, 2.05) is 0 Å². The summed E-state index contributed by atoms with van der Waals surface area (Å²) in [7, 11) is 1.53. The average molecular weight is 241 g/mol. The summed E-state index contributed by atoms with van der Waals surface area (Å²) in [5.74, 6) is -1.28. The highest BCUT2D eigenvalue weighted by Gasteiger charge is 2.18. The highest BCUT2D eigenvalue weighted by atomic mass is 16.4. The van der Waals surface area contributed by atoms with Crippen molar-refractivity contribution in [1.29, 1.82) is 0 Å². The van der Waals surface area contributed by atoms with Gasteiger partial charge in [-0.15, -0.1) is 5.10 Å². The van der Waals surface area contributed by atoms with Gasteiger partial charge in [-0.1, -0.05) is 5.21 Å². The van der Waals surface area contributed by atoms with Crippen LogP contribution in [0.15, 0.2) is 0 Å². The van der Waals surface area contributed by atoms with Gasteiger partial charge in [-0.05, 0) is 6.54 Å². The molecule has 17 heavy (non-hydrogen) atoms. The lowest BCUT2D eigenvalue weighted by Gasteiger charge is -2.05. The monoisotopic (exact) mass is 241 g/mol. The fourth-order valence-electron chi connectivity index (χ4n) is 1.40. The van der Waals surface area contributed by atoms with E-state index in [4.69, 9.17) is 10.8 Å². The molecule has 0 aromatic carbocycles. The van der Waals surface area contributed by atoms with Crippen molar-refractivity contribution in [2.75, 3.05) is 13.6 Å². The number of rotatable bonds is 6. The largest absolute Gasteiger partial charge is 0.476 e. The summed E-state index contributed by atoms with van der Waals surface area (Å²) in [4.78, 5) is 21.9. The fourth-order valence-corrected chi connectivity index (χ4v) is 1.40. The SMILES string of the molecule is CNC(=O)CCn1nnc(C(=O)O)c1CCN. The Morgan fingerprint density at radius 2 is 2.24 bits per heavy atom. The maximum atomic E-state index is 11.1. The highest BCUT2D eigenvalue weighted by molar-refractivity contribution is 5.86. The van der Waals surface area contributed by atoms with E-state index in [-0.39, 0.29) is 24.6 Å². The van der Waals surface area contributed by atoms with Gasteiger partial charge in [0.25, 0.3) is 0 Å². The van der Waals surface area contributed by atoms with Crippen LogP contribution >= 0.6 is 0 Å². The van der Waals surface area contributed by atoms with Crippen LogP contribution in [0.4, 0.5) is 0 Å². The summed E-state index contributed by atoms with van der Waals surface area (Å²) in [6.45, 7) is 0.586. The van der Waals surface area contributed by atoms with Crippen LogP contribution in [0.3, 0.4) is 0 Å². The maximum absolute atomic E-state index is 11.1. The van der Waals surface area contributed by atoms with Crippen LogP contribution in [-0.4, -0.2) is 45.6 Å². The molecule has 8 nitrogen and oxygen atoms in total. The normalized spacial score (nSPS) is 10.2. The molecular weight excluding hydrogens is 226 g/mol. The van der Waals surface area contributed by atoms with Crippen molar-refractivity contribution in [3.05, 3.63) is 11.4 Å². The molecule has 1 amide bonds. The Hall–Kier alpha value is -1.96. The first-order chi connectivity index (χ1) is 8.10. The number of nitrogens with zero attached hydrogens (tertiary/aromatic N) is 3. The zero-order valence-electron chi connectivity index (χ0n) is 9.51. The van der Waals surface area contributed by atoms with Crippen molar-refractivity contribution < 1.29 is 14.7 Å². The first-order valence-corrected chi connectivity index (χ1v) is 5.16. The molecule has 0 spiro atoms. The number of carboxylic acids is 1. The minimum atomic E-state index is -1.14. The van der Waals surface area contributed by atoms with Crippen LogP contribution in [0.25, 0.3) is 0 Å². The molecule has 0 fully saturated rings. The maximum Gasteiger partial charge on any atom is 0.358 e. The Morgan fingerprint density at radius 1 is 1.53 bits per heavy atom. The second-order valence-corrected chi connectivity index (χ2v) is 3.37. The van der Waals surface area contributed by atoms with Crippen LogP contribution < -0.4 is 11.1 Å². The lowest BCUT2D eigenvalue weighted by atomic mass is 10.2. The number of nitrogens with two attached hydrogens (primary N) is 1. The molecule has 0 saturated heterocycles. The molecule has 8 heteroatoms. The van der Waals surface area contributed by atoms with E-state index in [1.165, 1.54) is 11.7 Å². The molecule has 0 saturated carbocycles. The van der Waals surface area contributed by atoms with Gasteiger partial charge in [0.2, 0.25) is 5.91 Å². The molecule has 94 valence electrons. The van der Waals surface area contributed by atoms with Gasteiger partial charge in [0, 0.05) is 19.9 Å². The zero-order valence-corrected chi connectivity index (χ0v) is 9.51. The third kappa shape index (κ3) is 3.25. The molecule has 0 unspecified atom stereocenters. The quantitative estimate of drug-likeness (QED) is 0.563. The zero-order chi connectivity index (χ0) is 12.8. The van der Waals surface area contributed by atoms with E-state index < -0.39 is 5.97 Å². The number of hydrogen-bond donors (Lipinski definition) is 3. The second-order valence-electron chi connectivity index (χ2n) is 3.37. The number of aromatic nitrogens is 3. The Bertz CT molecular complexity index is 415. The third-order valence-corrected chi connectivity index (χ3v) is 2.25. The van der Waals surface area contributed by atoms with Crippen LogP contribution in [0.2, 0.25) is 0 Å². The molecule has 0 aliphatic carbocycles. The van der Waals surface area contributed by atoms with Gasteiger partial charge < -0.3 is 16.2 Å². The predicted octanol–water partition coefficient (Wildman–Crippen LogP) is -1.39. The molecule has 1 rings (SSSR count). The van der Waals surface area contributed by atoms with Crippen LogP contribution in [-0.2, 0) is 17.8 Å². The first kappa shape index (κ1) is 13.1. The Kier molecular flexibility index (Phi) is 4.58. The van der Waals surface area contributed by atoms with Gasteiger partial charge in [-0.3, -0.25) is 4.79 Å².